The SMILES string of the molecule is CCCN(Cc1nc2cc(Cl)ccc2c(=O)[nH]1)C(=O)NCC1(c2ccc(F)cc2)CC1. The molecule has 31 heavy (non-hydrogen) atoms. The molecule has 1 saturated carbocycles. The first-order valence-electron chi connectivity index (χ1n) is 10.4. The number of urea groups is 1. The molecular formula is C23H24ClFN4O2. The van der Waals surface area contributed by atoms with Crippen molar-refractivity contribution in [1.82, 2.24) is 20.2 Å². The van der Waals surface area contributed by atoms with Gasteiger partial charge in [-0.15, -0.1) is 0 Å². The Morgan fingerprint density at radius 2 is 2.00 bits per heavy atom. The summed E-state index contributed by atoms with van der Waals surface area (Å²) in [7, 11) is 0. The third-order valence-electron chi connectivity index (χ3n) is 5.73. The molecule has 2 N–H and O–H groups in total. The molecule has 0 unspecified atom stereocenters. The van der Waals surface area contributed by atoms with Crippen LogP contribution in [0.1, 0.15) is 37.6 Å². The first-order valence-corrected chi connectivity index (χ1v) is 10.8. The minimum Gasteiger partial charge on any atom is -0.337 e. The molecule has 2 aromatic carbocycles. The zero-order chi connectivity index (χ0) is 22.0. The number of aromatic nitrogens is 2. The number of benzene rings is 2. The van der Waals surface area contributed by atoms with Gasteiger partial charge in [0, 0.05) is 23.5 Å². The Balaban J connectivity index is 1.47. The van der Waals surface area contributed by atoms with Gasteiger partial charge in [0.15, 0.2) is 0 Å². The van der Waals surface area contributed by atoms with Crippen molar-refractivity contribution in [3.63, 3.8) is 0 Å². The topological polar surface area (TPSA) is 78.1 Å². The van der Waals surface area contributed by atoms with Crippen LogP contribution in [0.5, 0.6) is 0 Å². The fourth-order valence-electron chi connectivity index (χ4n) is 3.82. The molecule has 0 aliphatic heterocycles. The molecule has 162 valence electrons. The van der Waals surface area contributed by atoms with Gasteiger partial charge in [-0.25, -0.2) is 14.2 Å². The van der Waals surface area contributed by atoms with Crippen LogP contribution in [0.25, 0.3) is 10.9 Å². The van der Waals surface area contributed by atoms with E-state index in [-0.39, 0.29) is 29.4 Å². The molecule has 0 atom stereocenters. The van der Waals surface area contributed by atoms with Crippen LogP contribution < -0.4 is 10.9 Å². The molecule has 1 aliphatic carbocycles. The number of fused-ring (bicyclic) bond motifs is 1. The van der Waals surface area contributed by atoms with Crippen molar-refractivity contribution >= 4 is 28.5 Å². The van der Waals surface area contributed by atoms with Crippen LogP contribution in [0.4, 0.5) is 9.18 Å². The fourth-order valence-corrected chi connectivity index (χ4v) is 3.98. The van der Waals surface area contributed by atoms with E-state index in [4.69, 9.17) is 11.6 Å². The Kier molecular flexibility index (Phi) is 5.96. The van der Waals surface area contributed by atoms with Crippen molar-refractivity contribution in [3.8, 4) is 0 Å². The van der Waals surface area contributed by atoms with Crippen LogP contribution in [-0.4, -0.2) is 34.0 Å². The molecule has 2 amide bonds. The molecule has 1 heterocycles. The van der Waals surface area contributed by atoms with Crippen molar-refractivity contribution in [2.24, 2.45) is 0 Å². The third kappa shape index (κ3) is 4.71. The highest BCUT2D eigenvalue weighted by Gasteiger charge is 2.44. The van der Waals surface area contributed by atoms with E-state index in [9.17, 15) is 14.0 Å². The molecule has 0 radical (unpaired) electrons. The van der Waals surface area contributed by atoms with Crippen molar-refractivity contribution in [1.29, 1.82) is 0 Å². The maximum Gasteiger partial charge on any atom is 0.317 e. The van der Waals surface area contributed by atoms with Crippen LogP contribution >= 0.6 is 11.6 Å². The van der Waals surface area contributed by atoms with Gasteiger partial charge in [0.2, 0.25) is 0 Å². The second kappa shape index (κ2) is 8.67. The zero-order valence-electron chi connectivity index (χ0n) is 17.3. The van der Waals surface area contributed by atoms with Gasteiger partial charge in [0.05, 0.1) is 17.4 Å². The monoisotopic (exact) mass is 442 g/mol. The summed E-state index contributed by atoms with van der Waals surface area (Å²) < 4.78 is 13.2. The number of carbonyl (C=O) groups is 1. The normalized spacial score (nSPS) is 14.4. The zero-order valence-corrected chi connectivity index (χ0v) is 18.0. The number of aromatic amines is 1. The fraction of sp³-hybridized carbons (Fsp3) is 0.348. The predicted octanol–water partition coefficient (Wildman–Crippen LogP) is 4.37. The van der Waals surface area contributed by atoms with Crippen LogP contribution in [0.3, 0.4) is 0 Å². The average Bonchev–Trinajstić information content (AvgIpc) is 3.53. The van der Waals surface area contributed by atoms with Gasteiger partial charge in [-0.2, -0.15) is 0 Å². The summed E-state index contributed by atoms with van der Waals surface area (Å²) in [5.74, 6) is 0.138. The lowest BCUT2D eigenvalue weighted by atomic mass is 9.96. The molecule has 1 aliphatic rings. The molecule has 4 rings (SSSR count). The van der Waals surface area contributed by atoms with Gasteiger partial charge in [-0.3, -0.25) is 4.79 Å². The standard InChI is InChI=1S/C23H24ClFN4O2/c1-2-11-29(13-20-27-19-12-16(24)5-8-18(19)21(30)28-20)22(31)26-14-23(9-10-23)15-3-6-17(25)7-4-15/h3-8,12H,2,9-11,13-14H2,1H3,(H,26,31)(H,27,28,30). The van der Waals surface area contributed by atoms with E-state index in [1.807, 2.05) is 6.92 Å². The second-order valence-corrected chi connectivity index (χ2v) is 8.48. The highest BCUT2D eigenvalue weighted by atomic mass is 35.5. The smallest absolute Gasteiger partial charge is 0.317 e. The number of halogens is 2. The van der Waals surface area contributed by atoms with E-state index in [0.29, 0.717) is 34.8 Å². The predicted molar refractivity (Wildman–Crippen MR) is 119 cm³/mol. The highest BCUT2D eigenvalue weighted by Crippen LogP contribution is 2.47. The van der Waals surface area contributed by atoms with Crippen molar-refractivity contribution < 1.29 is 9.18 Å². The van der Waals surface area contributed by atoms with E-state index >= 15 is 0 Å². The first-order chi connectivity index (χ1) is 14.9. The summed E-state index contributed by atoms with van der Waals surface area (Å²) in [6.45, 7) is 3.17. The van der Waals surface area contributed by atoms with Crippen molar-refractivity contribution in [3.05, 3.63) is 75.0 Å². The summed E-state index contributed by atoms with van der Waals surface area (Å²) in [5.41, 5.74) is 1.14. The quantitative estimate of drug-likeness (QED) is 0.570. The largest absolute Gasteiger partial charge is 0.337 e. The maximum absolute atomic E-state index is 13.2. The van der Waals surface area contributed by atoms with Crippen LogP contribution in [0.15, 0.2) is 47.3 Å². The van der Waals surface area contributed by atoms with Crippen LogP contribution in [0.2, 0.25) is 5.02 Å². The van der Waals surface area contributed by atoms with Gasteiger partial charge in [0.1, 0.15) is 11.6 Å². The second-order valence-electron chi connectivity index (χ2n) is 8.04. The Hall–Kier alpha value is -2.93. The van der Waals surface area contributed by atoms with Crippen LogP contribution in [-0.2, 0) is 12.0 Å². The lowest BCUT2D eigenvalue weighted by molar-refractivity contribution is 0.192. The van der Waals surface area contributed by atoms with Gasteiger partial charge in [-0.05, 0) is 55.2 Å². The highest BCUT2D eigenvalue weighted by molar-refractivity contribution is 6.31. The van der Waals surface area contributed by atoms with E-state index < -0.39 is 0 Å². The summed E-state index contributed by atoms with van der Waals surface area (Å²) in [6.07, 6.45) is 2.67. The number of H-pyrrole nitrogens is 1. The van der Waals surface area contributed by atoms with Gasteiger partial charge < -0.3 is 15.2 Å². The maximum atomic E-state index is 13.2. The molecule has 1 aromatic heterocycles. The molecule has 1 fully saturated rings. The minimum atomic E-state index is -0.268. The van der Waals surface area contributed by atoms with E-state index in [0.717, 1.165) is 24.8 Å². The molecule has 0 bridgehead atoms. The molecule has 0 spiro atoms. The van der Waals surface area contributed by atoms with Gasteiger partial charge >= 0.3 is 6.03 Å². The lowest BCUT2D eigenvalue weighted by Gasteiger charge is -2.24. The molecular weight excluding hydrogens is 419 g/mol. The number of nitrogens with zero attached hydrogens (tertiary/aromatic N) is 2. The summed E-state index contributed by atoms with van der Waals surface area (Å²) in [4.78, 5) is 34.2. The number of hydrogen-bond donors (Lipinski definition) is 2. The number of rotatable bonds is 7. The van der Waals surface area contributed by atoms with Gasteiger partial charge in [-0.1, -0.05) is 30.7 Å². The minimum absolute atomic E-state index is 0.131. The van der Waals surface area contributed by atoms with E-state index in [2.05, 4.69) is 15.3 Å². The average molecular weight is 443 g/mol. The number of nitrogens with one attached hydrogen (secondary N) is 2. The number of carbonyl (C=O) groups excluding carboxylic acids is 1. The molecule has 3 aromatic rings. The van der Waals surface area contributed by atoms with E-state index in [1.165, 1.54) is 12.1 Å². The van der Waals surface area contributed by atoms with Gasteiger partial charge in [0.25, 0.3) is 5.56 Å². The molecule has 6 nitrogen and oxygen atoms in total. The lowest BCUT2D eigenvalue weighted by Crippen LogP contribution is -2.43. The Bertz CT molecular complexity index is 1160. The third-order valence-corrected chi connectivity index (χ3v) is 5.96. The Morgan fingerprint density at radius 1 is 1.26 bits per heavy atom. The van der Waals surface area contributed by atoms with Crippen molar-refractivity contribution in [2.45, 2.75) is 38.1 Å². The summed E-state index contributed by atoms with van der Waals surface area (Å²) >= 11 is 6.03. The molecule has 0 saturated heterocycles. The first kappa shape index (κ1) is 21.3. The number of amides is 2. The Labute approximate surface area is 184 Å². The summed E-state index contributed by atoms with van der Waals surface area (Å²) in [5, 5.41) is 3.97. The number of hydrogen-bond acceptors (Lipinski definition) is 3. The Morgan fingerprint density at radius 3 is 2.68 bits per heavy atom. The van der Waals surface area contributed by atoms with E-state index in [1.54, 1.807) is 35.2 Å². The van der Waals surface area contributed by atoms with Crippen molar-refractivity contribution in [2.75, 3.05) is 13.1 Å². The molecule has 8 heteroatoms. The van der Waals surface area contributed by atoms with Crippen LogP contribution in [0, 0.1) is 5.82 Å². The summed E-state index contributed by atoms with van der Waals surface area (Å²) in [6, 6.07) is 11.2.